The second kappa shape index (κ2) is 10.7. The Labute approximate surface area is 165 Å². The summed E-state index contributed by atoms with van der Waals surface area (Å²) < 4.78 is 1.06. The molecule has 0 atom stereocenters. The summed E-state index contributed by atoms with van der Waals surface area (Å²) >= 11 is 3.48. The Balaban J connectivity index is 2.12. The summed E-state index contributed by atoms with van der Waals surface area (Å²) in [6, 6.07) is 8.21. The summed E-state index contributed by atoms with van der Waals surface area (Å²) in [6.45, 7) is 9.82. The second-order valence-corrected chi connectivity index (χ2v) is 7.02. The maximum atomic E-state index is 4.51. The Morgan fingerprint density at radius 3 is 2.58 bits per heavy atom. The molecule has 0 radical (unpaired) electrons. The maximum absolute atomic E-state index is 4.51. The Kier molecular flexibility index (Phi) is 8.29. The molecule has 2 rings (SSSR count). The van der Waals surface area contributed by atoms with E-state index in [-0.39, 0.29) is 0 Å². The molecular formula is C22H26BrN3. The van der Waals surface area contributed by atoms with Gasteiger partial charge in [0, 0.05) is 17.4 Å². The zero-order valence-corrected chi connectivity index (χ0v) is 17.1. The monoisotopic (exact) mass is 411 g/mol. The highest BCUT2D eigenvalue weighted by atomic mass is 79.9. The summed E-state index contributed by atoms with van der Waals surface area (Å²) in [4.78, 5) is 2.27. The van der Waals surface area contributed by atoms with Gasteiger partial charge >= 0.3 is 0 Å². The lowest BCUT2D eigenvalue weighted by Crippen LogP contribution is -2.38. The van der Waals surface area contributed by atoms with Crippen molar-refractivity contribution in [2.24, 2.45) is 10.2 Å². The van der Waals surface area contributed by atoms with Gasteiger partial charge in [-0.1, -0.05) is 76.7 Å². The number of hydrogen-bond acceptors (Lipinski definition) is 3. The zero-order valence-electron chi connectivity index (χ0n) is 15.5. The standard InChI is InChI=1S/C22H26BrN3/c1-4-6-8-9-10-18(3)16-22-25-24-21(17-26(22)15-7-5-2)19-11-13-20(23)14-12-19/h4-9,11-14H,3,10,15-17H2,1-2H3/b6-4-,7-5-,9-8?. The Morgan fingerprint density at radius 2 is 1.88 bits per heavy atom. The molecule has 0 saturated heterocycles. The molecule has 3 nitrogen and oxygen atoms in total. The normalized spacial score (nSPS) is 15.1. The van der Waals surface area contributed by atoms with Crippen LogP contribution in [0.1, 0.15) is 32.3 Å². The van der Waals surface area contributed by atoms with Gasteiger partial charge < -0.3 is 4.90 Å². The van der Waals surface area contributed by atoms with Crippen LogP contribution in [0.2, 0.25) is 0 Å². The van der Waals surface area contributed by atoms with E-state index < -0.39 is 0 Å². The van der Waals surface area contributed by atoms with E-state index in [1.165, 1.54) is 0 Å². The number of nitrogens with zero attached hydrogens (tertiary/aromatic N) is 3. The molecule has 4 heteroatoms. The molecule has 0 bridgehead atoms. The average Bonchev–Trinajstić information content (AvgIpc) is 2.65. The van der Waals surface area contributed by atoms with E-state index in [9.17, 15) is 0 Å². The first-order valence-corrected chi connectivity index (χ1v) is 9.63. The molecule has 1 aliphatic rings. The summed E-state index contributed by atoms with van der Waals surface area (Å²) in [5.74, 6) is 0.980. The second-order valence-electron chi connectivity index (χ2n) is 6.10. The first-order chi connectivity index (χ1) is 12.6. The van der Waals surface area contributed by atoms with Crippen LogP contribution in [0.25, 0.3) is 0 Å². The van der Waals surface area contributed by atoms with E-state index in [1.807, 2.05) is 38.1 Å². The number of rotatable bonds is 8. The SMILES string of the molecule is C=C(CC=C/C=C\C)CC1=NN=C(c2ccc(Br)cc2)CN1C/C=C\C. The number of hydrogen-bond donors (Lipinski definition) is 0. The van der Waals surface area contributed by atoms with Crippen molar-refractivity contribution in [3.05, 3.63) is 82.9 Å². The lowest BCUT2D eigenvalue weighted by Gasteiger charge is -2.28. The van der Waals surface area contributed by atoms with Crippen molar-refractivity contribution >= 4 is 27.5 Å². The lowest BCUT2D eigenvalue weighted by molar-refractivity contribution is 0.506. The maximum Gasteiger partial charge on any atom is 0.132 e. The van der Waals surface area contributed by atoms with Crippen molar-refractivity contribution in [1.29, 1.82) is 0 Å². The van der Waals surface area contributed by atoms with Crippen LogP contribution in [0.4, 0.5) is 0 Å². The van der Waals surface area contributed by atoms with E-state index in [4.69, 9.17) is 0 Å². The molecule has 0 unspecified atom stereocenters. The molecule has 0 aliphatic carbocycles. The minimum Gasteiger partial charge on any atom is -0.349 e. The van der Waals surface area contributed by atoms with Crippen LogP contribution in [0.5, 0.6) is 0 Å². The van der Waals surface area contributed by atoms with Crippen LogP contribution in [-0.2, 0) is 0 Å². The predicted molar refractivity (Wildman–Crippen MR) is 117 cm³/mol. The van der Waals surface area contributed by atoms with Crippen LogP contribution < -0.4 is 0 Å². The topological polar surface area (TPSA) is 28.0 Å². The molecule has 0 saturated carbocycles. The number of allylic oxidation sites excluding steroid dienone is 5. The van der Waals surface area contributed by atoms with Crippen molar-refractivity contribution in [2.75, 3.05) is 13.1 Å². The van der Waals surface area contributed by atoms with E-state index in [1.54, 1.807) is 0 Å². The van der Waals surface area contributed by atoms with Crippen LogP contribution in [0, 0.1) is 0 Å². The van der Waals surface area contributed by atoms with E-state index in [2.05, 4.69) is 74.0 Å². The molecule has 1 aromatic rings. The number of amidine groups is 1. The van der Waals surface area contributed by atoms with E-state index in [0.29, 0.717) is 0 Å². The molecule has 0 aromatic heterocycles. The van der Waals surface area contributed by atoms with Crippen LogP contribution >= 0.6 is 15.9 Å². The smallest absolute Gasteiger partial charge is 0.132 e. The van der Waals surface area contributed by atoms with Gasteiger partial charge in [-0.3, -0.25) is 0 Å². The largest absolute Gasteiger partial charge is 0.349 e. The molecule has 0 N–H and O–H groups in total. The highest BCUT2D eigenvalue weighted by Gasteiger charge is 2.19. The van der Waals surface area contributed by atoms with Gasteiger partial charge in [-0.2, -0.15) is 5.10 Å². The third-order valence-electron chi connectivity index (χ3n) is 3.99. The van der Waals surface area contributed by atoms with Gasteiger partial charge in [0.05, 0.1) is 12.3 Å². The summed E-state index contributed by atoms with van der Waals surface area (Å²) in [5, 5.41) is 9.00. The quantitative estimate of drug-likeness (QED) is 0.385. The van der Waals surface area contributed by atoms with Gasteiger partial charge in [-0.25, -0.2) is 0 Å². The number of halogens is 1. The van der Waals surface area contributed by atoms with Crippen LogP contribution in [-0.4, -0.2) is 29.5 Å². The molecule has 0 amide bonds. The average molecular weight is 412 g/mol. The molecule has 1 aliphatic heterocycles. The van der Waals surface area contributed by atoms with Crippen molar-refractivity contribution in [1.82, 2.24) is 4.90 Å². The van der Waals surface area contributed by atoms with Crippen molar-refractivity contribution in [3.63, 3.8) is 0 Å². The van der Waals surface area contributed by atoms with Gasteiger partial charge in [-0.15, -0.1) is 5.10 Å². The van der Waals surface area contributed by atoms with E-state index >= 15 is 0 Å². The molecule has 0 fully saturated rings. The van der Waals surface area contributed by atoms with Gasteiger partial charge in [0.2, 0.25) is 0 Å². The fraction of sp³-hybridized carbons (Fsp3) is 0.273. The van der Waals surface area contributed by atoms with Crippen molar-refractivity contribution in [3.8, 4) is 0 Å². The first kappa shape index (κ1) is 20.1. The minimum atomic E-state index is 0.745. The summed E-state index contributed by atoms with van der Waals surface area (Å²) in [6.07, 6.45) is 14.0. The van der Waals surface area contributed by atoms with Crippen LogP contribution in [0.15, 0.2) is 87.5 Å². The van der Waals surface area contributed by atoms with Gasteiger partial charge in [0.15, 0.2) is 0 Å². The summed E-state index contributed by atoms with van der Waals surface area (Å²) in [5.41, 5.74) is 3.23. The lowest BCUT2D eigenvalue weighted by atomic mass is 10.1. The fourth-order valence-electron chi connectivity index (χ4n) is 2.55. The predicted octanol–water partition coefficient (Wildman–Crippen LogP) is 5.91. The fourth-order valence-corrected chi connectivity index (χ4v) is 2.81. The molecule has 0 spiro atoms. The minimum absolute atomic E-state index is 0.745. The molecule has 136 valence electrons. The molecule has 1 heterocycles. The third-order valence-corrected chi connectivity index (χ3v) is 4.51. The van der Waals surface area contributed by atoms with Crippen molar-refractivity contribution in [2.45, 2.75) is 26.7 Å². The Bertz CT molecular complexity index is 752. The molecular weight excluding hydrogens is 386 g/mol. The molecule has 1 aromatic carbocycles. The van der Waals surface area contributed by atoms with Crippen LogP contribution in [0.3, 0.4) is 0 Å². The first-order valence-electron chi connectivity index (χ1n) is 8.84. The van der Waals surface area contributed by atoms with Gasteiger partial charge in [0.25, 0.3) is 0 Å². The zero-order chi connectivity index (χ0) is 18.8. The van der Waals surface area contributed by atoms with E-state index in [0.717, 1.165) is 53.1 Å². The highest BCUT2D eigenvalue weighted by molar-refractivity contribution is 9.10. The Morgan fingerprint density at radius 1 is 1.12 bits per heavy atom. The Hall–Kier alpha value is -2.20. The highest BCUT2D eigenvalue weighted by Crippen LogP contribution is 2.17. The third kappa shape index (κ3) is 6.26. The molecule has 26 heavy (non-hydrogen) atoms. The van der Waals surface area contributed by atoms with Gasteiger partial charge in [-0.05, 0) is 38.0 Å². The number of benzene rings is 1. The summed E-state index contributed by atoms with van der Waals surface area (Å²) in [7, 11) is 0. The van der Waals surface area contributed by atoms with Gasteiger partial charge in [0.1, 0.15) is 5.84 Å². The van der Waals surface area contributed by atoms with Crippen molar-refractivity contribution < 1.29 is 0 Å².